The van der Waals surface area contributed by atoms with Crippen molar-refractivity contribution in [2.75, 3.05) is 25.1 Å². The third kappa shape index (κ3) is 5.19. The maximum absolute atomic E-state index is 11.2. The Morgan fingerprint density at radius 2 is 2.29 bits per heavy atom. The van der Waals surface area contributed by atoms with Crippen molar-refractivity contribution in [2.45, 2.75) is 20.3 Å². The summed E-state index contributed by atoms with van der Waals surface area (Å²) < 4.78 is 5.42. The second-order valence-corrected chi connectivity index (χ2v) is 4.49. The van der Waals surface area contributed by atoms with Crippen molar-refractivity contribution in [1.29, 1.82) is 0 Å². The maximum atomic E-state index is 11.2. The number of H-pyrrole nitrogens is 1. The average molecular weight is 260 g/mol. The van der Waals surface area contributed by atoms with E-state index in [-0.39, 0.29) is 10.6 Å². The molecule has 0 atom stereocenters. The van der Waals surface area contributed by atoms with Crippen molar-refractivity contribution in [2.24, 2.45) is 5.92 Å². The molecule has 0 saturated heterocycles. The molecule has 0 spiro atoms. The van der Waals surface area contributed by atoms with E-state index in [1.54, 1.807) is 0 Å². The van der Waals surface area contributed by atoms with Gasteiger partial charge in [-0.25, -0.2) is 4.98 Å². The number of nitrogens with one attached hydrogen (secondary N) is 2. The van der Waals surface area contributed by atoms with E-state index >= 15 is 0 Å². The van der Waals surface area contributed by atoms with Gasteiger partial charge < -0.3 is 15.0 Å². The first-order valence-electron chi connectivity index (χ1n) is 5.66. The number of aromatic nitrogens is 2. The number of nitrogens with zero attached hydrogens (tertiary/aromatic N) is 1. The Balaban J connectivity index is 2.23. The van der Waals surface area contributed by atoms with Crippen LogP contribution in [-0.2, 0) is 4.74 Å². The summed E-state index contributed by atoms with van der Waals surface area (Å²) in [7, 11) is 0. The van der Waals surface area contributed by atoms with Gasteiger partial charge in [-0.15, -0.1) is 0 Å². The molecule has 1 rings (SSSR count). The van der Waals surface area contributed by atoms with Gasteiger partial charge in [0.15, 0.2) is 5.82 Å². The van der Waals surface area contributed by atoms with Crippen LogP contribution in [0.4, 0.5) is 5.82 Å². The molecule has 0 saturated carbocycles. The summed E-state index contributed by atoms with van der Waals surface area (Å²) in [6.07, 6.45) is 2.36. The first-order chi connectivity index (χ1) is 8.11. The van der Waals surface area contributed by atoms with E-state index in [0.717, 1.165) is 13.0 Å². The van der Waals surface area contributed by atoms with Crippen LogP contribution in [0, 0.1) is 5.92 Å². The van der Waals surface area contributed by atoms with Crippen LogP contribution >= 0.6 is 11.6 Å². The van der Waals surface area contributed by atoms with Gasteiger partial charge in [-0.3, -0.25) is 4.79 Å². The third-order valence-electron chi connectivity index (χ3n) is 2.17. The van der Waals surface area contributed by atoms with E-state index < -0.39 is 0 Å². The van der Waals surface area contributed by atoms with Crippen LogP contribution in [0.1, 0.15) is 20.3 Å². The highest BCUT2D eigenvalue weighted by Gasteiger charge is 2.04. The minimum Gasteiger partial charge on any atom is -0.380 e. The Bertz CT molecular complexity index is 393. The van der Waals surface area contributed by atoms with Crippen molar-refractivity contribution in [3.05, 3.63) is 21.7 Å². The quantitative estimate of drug-likeness (QED) is 0.734. The van der Waals surface area contributed by atoms with Gasteiger partial charge in [0.2, 0.25) is 0 Å². The fourth-order valence-electron chi connectivity index (χ4n) is 1.17. The number of halogens is 1. The molecule has 6 heteroatoms. The van der Waals surface area contributed by atoms with Gasteiger partial charge in [0.05, 0.1) is 12.9 Å². The molecular formula is C11H18ClN3O2. The molecule has 0 aromatic carbocycles. The highest BCUT2D eigenvalue weighted by molar-refractivity contribution is 6.32. The monoisotopic (exact) mass is 259 g/mol. The van der Waals surface area contributed by atoms with Crippen molar-refractivity contribution < 1.29 is 4.74 Å². The number of aromatic amines is 1. The lowest BCUT2D eigenvalue weighted by Gasteiger charge is -2.08. The Labute approximate surface area is 106 Å². The summed E-state index contributed by atoms with van der Waals surface area (Å²) >= 11 is 5.77. The topological polar surface area (TPSA) is 67.0 Å². The van der Waals surface area contributed by atoms with Crippen molar-refractivity contribution in [3.63, 3.8) is 0 Å². The summed E-state index contributed by atoms with van der Waals surface area (Å²) in [5.41, 5.74) is -0.343. The Kier molecular flexibility index (Phi) is 6.00. The van der Waals surface area contributed by atoms with Crippen LogP contribution in [0.25, 0.3) is 0 Å². The standard InChI is InChI=1S/C11H18ClN3O2/c1-8(2)3-5-17-6-4-13-10-9(12)11(16)15-7-14-10/h7-8H,3-6H2,1-2H3,(H2,13,14,15,16). The number of rotatable bonds is 7. The molecule has 0 aliphatic heterocycles. The molecule has 0 bridgehead atoms. The predicted octanol–water partition coefficient (Wildman–Crippen LogP) is 1.90. The summed E-state index contributed by atoms with van der Waals surface area (Å²) in [5.74, 6) is 1.04. The molecule has 0 aliphatic carbocycles. The van der Waals surface area contributed by atoms with Gasteiger partial charge in [-0.2, -0.15) is 0 Å². The molecule has 5 nitrogen and oxygen atoms in total. The van der Waals surface area contributed by atoms with Crippen LogP contribution in [0.15, 0.2) is 11.1 Å². The van der Waals surface area contributed by atoms with Crippen LogP contribution in [0.3, 0.4) is 0 Å². The Morgan fingerprint density at radius 1 is 1.53 bits per heavy atom. The summed E-state index contributed by atoms with van der Waals surface area (Å²) in [6.45, 7) is 6.20. The van der Waals surface area contributed by atoms with Crippen molar-refractivity contribution in [1.82, 2.24) is 9.97 Å². The first-order valence-corrected chi connectivity index (χ1v) is 6.04. The van der Waals surface area contributed by atoms with Crippen LogP contribution in [-0.4, -0.2) is 29.7 Å². The van der Waals surface area contributed by atoms with E-state index in [4.69, 9.17) is 16.3 Å². The summed E-state index contributed by atoms with van der Waals surface area (Å²) in [5, 5.41) is 3.03. The van der Waals surface area contributed by atoms with Gasteiger partial charge in [-0.05, 0) is 12.3 Å². The van der Waals surface area contributed by atoms with Crippen molar-refractivity contribution >= 4 is 17.4 Å². The minimum atomic E-state index is -0.343. The Hall–Kier alpha value is -1.07. The molecule has 0 radical (unpaired) electrons. The molecular weight excluding hydrogens is 242 g/mol. The van der Waals surface area contributed by atoms with Gasteiger partial charge in [0.25, 0.3) is 5.56 Å². The van der Waals surface area contributed by atoms with E-state index in [1.807, 2.05) is 0 Å². The SMILES string of the molecule is CC(C)CCOCCNc1nc[nH]c(=O)c1Cl. The number of hydrogen-bond donors (Lipinski definition) is 2. The lowest BCUT2D eigenvalue weighted by Crippen LogP contribution is -2.15. The lowest BCUT2D eigenvalue weighted by atomic mass is 10.1. The van der Waals surface area contributed by atoms with Crippen LogP contribution in [0.2, 0.25) is 5.02 Å². The maximum Gasteiger partial charge on any atom is 0.271 e. The fourth-order valence-corrected chi connectivity index (χ4v) is 1.34. The zero-order valence-electron chi connectivity index (χ0n) is 10.1. The minimum absolute atomic E-state index is 0.0784. The van der Waals surface area contributed by atoms with E-state index in [0.29, 0.717) is 24.9 Å². The molecule has 2 N–H and O–H groups in total. The average Bonchev–Trinajstić information content (AvgIpc) is 2.28. The molecule has 1 aromatic heterocycles. The number of anilines is 1. The molecule has 1 aromatic rings. The largest absolute Gasteiger partial charge is 0.380 e. The molecule has 0 amide bonds. The van der Waals surface area contributed by atoms with E-state index in [2.05, 4.69) is 29.1 Å². The van der Waals surface area contributed by atoms with Crippen LogP contribution in [0.5, 0.6) is 0 Å². The fraction of sp³-hybridized carbons (Fsp3) is 0.636. The zero-order valence-corrected chi connectivity index (χ0v) is 10.9. The van der Waals surface area contributed by atoms with Gasteiger partial charge >= 0.3 is 0 Å². The molecule has 17 heavy (non-hydrogen) atoms. The number of ether oxygens (including phenoxy) is 1. The highest BCUT2D eigenvalue weighted by atomic mass is 35.5. The second-order valence-electron chi connectivity index (χ2n) is 4.12. The Morgan fingerprint density at radius 3 is 3.00 bits per heavy atom. The molecule has 0 fully saturated rings. The summed E-state index contributed by atoms with van der Waals surface area (Å²) in [4.78, 5) is 17.5. The summed E-state index contributed by atoms with van der Waals surface area (Å²) in [6, 6.07) is 0. The van der Waals surface area contributed by atoms with E-state index in [1.165, 1.54) is 6.33 Å². The lowest BCUT2D eigenvalue weighted by molar-refractivity contribution is 0.132. The van der Waals surface area contributed by atoms with Gasteiger partial charge in [0.1, 0.15) is 5.02 Å². The third-order valence-corrected chi connectivity index (χ3v) is 2.53. The molecule has 1 heterocycles. The van der Waals surface area contributed by atoms with Gasteiger partial charge in [0, 0.05) is 13.2 Å². The normalized spacial score (nSPS) is 10.8. The molecule has 0 aliphatic rings. The molecule has 0 unspecified atom stereocenters. The predicted molar refractivity (Wildman–Crippen MR) is 68.6 cm³/mol. The van der Waals surface area contributed by atoms with Crippen LogP contribution < -0.4 is 10.9 Å². The van der Waals surface area contributed by atoms with Crippen molar-refractivity contribution in [3.8, 4) is 0 Å². The van der Waals surface area contributed by atoms with Gasteiger partial charge in [-0.1, -0.05) is 25.4 Å². The molecule has 96 valence electrons. The second kappa shape index (κ2) is 7.29. The zero-order chi connectivity index (χ0) is 12.7. The first kappa shape index (κ1) is 14.0. The van der Waals surface area contributed by atoms with E-state index in [9.17, 15) is 4.79 Å². The number of hydrogen-bond acceptors (Lipinski definition) is 4. The smallest absolute Gasteiger partial charge is 0.271 e. The highest BCUT2D eigenvalue weighted by Crippen LogP contribution is 2.11.